The SMILES string of the molecule is CCc1oc2ccccc2c1C(NC)C(C)C. The first-order valence-corrected chi connectivity index (χ1v) is 6.36. The second-order valence-corrected chi connectivity index (χ2v) is 4.80. The first kappa shape index (κ1) is 12.2. The molecule has 0 spiro atoms. The van der Waals surface area contributed by atoms with Crippen LogP contribution in [0.3, 0.4) is 0 Å². The Morgan fingerprint density at radius 3 is 2.53 bits per heavy atom. The highest BCUT2D eigenvalue weighted by Crippen LogP contribution is 2.34. The number of fused-ring (bicyclic) bond motifs is 1. The van der Waals surface area contributed by atoms with E-state index in [9.17, 15) is 0 Å². The minimum absolute atomic E-state index is 0.355. The Morgan fingerprint density at radius 2 is 1.94 bits per heavy atom. The topological polar surface area (TPSA) is 25.2 Å². The highest BCUT2D eigenvalue weighted by Gasteiger charge is 2.22. The second kappa shape index (κ2) is 4.92. The van der Waals surface area contributed by atoms with E-state index in [0.29, 0.717) is 12.0 Å². The molecule has 17 heavy (non-hydrogen) atoms. The number of hydrogen-bond acceptors (Lipinski definition) is 2. The fourth-order valence-electron chi connectivity index (χ4n) is 2.53. The molecule has 0 amide bonds. The molecule has 1 aromatic carbocycles. The lowest BCUT2D eigenvalue weighted by Crippen LogP contribution is -2.22. The van der Waals surface area contributed by atoms with E-state index in [4.69, 9.17) is 4.42 Å². The molecule has 2 heteroatoms. The molecule has 0 bridgehead atoms. The van der Waals surface area contributed by atoms with E-state index in [2.05, 4.69) is 38.2 Å². The molecule has 0 radical (unpaired) electrons. The van der Waals surface area contributed by atoms with E-state index in [1.165, 1.54) is 10.9 Å². The molecule has 0 aliphatic rings. The van der Waals surface area contributed by atoms with E-state index in [1.807, 2.05) is 19.2 Å². The monoisotopic (exact) mass is 231 g/mol. The summed E-state index contributed by atoms with van der Waals surface area (Å²) in [6.45, 7) is 6.62. The molecule has 1 atom stereocenters. The van der Waals surface area contributed by atoms with Gasteiger partial charge < -0.3 is 9.73 Å². The van der Waals surface area contributed by atoms with Gasteiger partial charge in [-0.2, -0.15) is 0 Å². The molecule has 0 fully saturated rings. The van der Waals surface area contributed by atoms with Gasteiger partial charge in [0.25, 0.3) is 0 Å². The molecule has 0 saturated carbocycles. The van der Waals surface area contributed by atoms with Crippen LogP contribution in [0.5, 0.6) is 0 Å². The van der Waals surface area contributed by atoms with Crippen LogP contribution in [0, 0.1) is 5.92 Å². The summed E-state index contributed by atoms with van der Waals surface area (Å²) >= 11 is 0. The van der Waals surface area contributed by atoms with Gasteiger partial charge in [-0.1, -0.05) is 39.0 Å². The lowest BCUT2D eigenvalue weighted by atomic mass is 9.93. The van der Waals surface area contributed by atoms with Crippen molar-refractivity contribution in [2.75, 3.05) is 7.05 Å². The molecule has 2 nitrogen and oxygen atoms in total. The van der Waals surface area contributed by atoms with Gasteiger partial charge in [0, 0.05) is 23.4 Å². The number of rotatable bonds is 4. The Kier molecular flexibility index (Phi) is 3.53. The van der Waals surface area contributed by atoms with Crippen molar-refractivity contribution in [3.05, 3.63) is 35.6 Å². The average molecular weight is 231 g/mol. The number of nitrogens with one attached hydrogen (secondary N) is 1. The number of furan rings is 1. The van der Waals surface area contributed by atoms with Crippen LogP contribution in [-0.2, 0) is 6.42 Å². The van der Waals surface area contributed by atoms with Crippen molar-refractivity contribution >= 4 is 11.0 Å². The predicted molar refractivity (Wildman–Crippen MR) is 72.2 cm³/mol. The Bertz CT molecular complexity index is 499. The molecule has 2 rings (SSSR count). The Morgan fingerprint density at radius 1 is 1.24 bits per heavy atom. The molecular formula is C15H21NO. The van der Waals surface area contributed by atoms with Crippen LogP contribution in [0.25, 0.3) is 11.0 Å². The predicted octanol–water partition coefficient (Wildman–Crippen LogP) is 3.91. The van der Waals surface area contributed by atoms with Gasteiger partial charge in [0.15, 0.2) is 0 Å². The summed E-state index contributed by atoms with van der Waals surface area (Å²) in [5.74, 6) is 1.66. The number of hydrogen-bond donors (Lipinski definition) is 1. The van der Waals surface area contributed by atoms with Gasteiger partial charge in [0.1, 0.15) is 11.3 Å². The van der Waals surface area contributed by atoms with Crippen LogP contribution in [0.1, 0.15) is 38.1 Å². The highest BCUT2D eigenvalue weighted by atomic mass is 16.3. The molecule has 0 aliphatic carbocycles. The highest BCUT2D eigenvalue weighted by molar-refractivity contribution is 5.82. The quantitative estimate of drug-likeness (QED) is 0.863. The summed E-state index contributed by atoms with van der Waals surface area (Å²) < 4.78 is 5.94. The summed E-state index contributed by atoms with van der Waals surface area (Å²) in [7, 11) is 2.02. The van der Waals surface area contributed by atoms with Gasteiger partial charge in [-0.15, -0.1) is 0 Å². The van der Waals surface area contributed by atoms with Crippen LogP contribution < -0.4 is 5.32 Å². The molecule has 1 heterocycles. The van der Waals surface area contributed by atoms with Gasteiger partial charge in [-0.05, 0) is 19.0 Å². The average Bonchev–Trinajstić information content (AvgIpc) is 2.69. The van der Waals surface area contributed by atoms with Crippen LogP contribution >= 0.6 is 0 Å². The second-order valence-electron chi connectivity index (χ2n) is 4.80. The third kappa shape index (κ3) is 2.09. The van der Waals surface area contributed by atoms with Crippen molar-refractivity contribution in [3.8, 4) is 0 Å². The zero-order valence-corrected chi connectivity index (χ0v) is 11.1. The summed E-state index contributed by atoms with van der Waals surface area (Å²) in [5.41, 5.74) is 2.33. The number of para-hydroxylation sites is 1. The van der Waals surface area contributed by atoms with Gasteiger partial charge in [0.05, 0.1) is 0 Å². The molecule has 2 aromatic rings. The normalized spacial score (nSPS) is 13.5. The Balaban J connectivity index is 2.64. The van der Waals surface area contributed by atoms with E-state index in [1.54, 1.807) is 0 Å². The Labute approximate surface area is 103 Å². The third-order valence-electron chi connectivity index (χ3n) is 3.32. The van der Waals surface area contributed by atoms with E-state index < -0.39 is 0 Å². The third-order valence-corrected chi connectivity index (χ3v) is 3.32. The molecule has 0 aliphatic heterocycles. The summed E-state index contributed by atoms with van der Waals surface area (Å²) in [4.78, 5) is 0. The fraction of sp³-hybridized carbons (Fsp3) is 0.467. The zero-order valence-electron chi connectivity index (χ0n) is 11.1. The van der Waals surface area contributed by atoms with Crippen molar-refractivity contribution in [2.24, 2.45) is 5.92 Å². The molecule has 92 valence electrons. The van der Waals surface area contributed by atoms with Crippen LogP contribution in [0.15, 0.2) is 28.7 Å². The lowest BCUT2D eigenvalue weighted by molar-refractivity contribution is 0.430. The fourth-order valence-corrected chi connectivity index (χ4v) is 2.53. The lowest BCUT2D eigenvalue weighted by Gasteiger charge is -2.20. The van der Waals surface area contributed by atoms with E-state index >= 15 is 0 Å². The zero-order chi connectivity index (χ0) is 12.4. The van der Waals surface area contributed by atoms with Gasteiger partial charge in [-0.25, -0.2) is 0 Å². The molecular weight excluding hydrogens is 210 g/mol. The van der Waals surface area contributed by atoms with Crippen molar-refractivity contribution in [1.82, 2.24) is 5.32 Å². The van der Waals surface area contributed by atoms with Crippen molar-refractivity contribution in [2.45, 2.75) is 33.2 Å². The van der Waals surface area contributed by atoms with E-state index in [0.717, 1.165) is 17.8 Å². The molecule has 0 saturated heterocycles. The van der Waals surface area contributed by atoms with Gasteiger partial charge in [-0.3, -0.25) is 0 Å². The summed E-state index contributed by atoms with van der Waals surface area (Å²) in [6, 6.07) is 8.66. The molecule has 1 N–H and O–H groups in total. The smallest absolute Gasteiger partial charge is 0.134 e. The minimum Gasteiger partial charge on any atom is -0.461 e. The first-order valence-electron chi connectivity index (χ1n) is 6.36. The molecule has 1 aromatic heterocycles. The maximum absolute atomic E-state index is 5.94. The van der Waals surface area contributed by atoms with Gasteiger partial charge >= 0.3 is 0 Å². The van der Waals surface area contributed by atoms with E-state index in [-0.39, 0.29) is 0 Å². The van der Waals surface area contributed by atoms with Crippen molar-refractivity contribution in [1.29, 1.82) is 0 Å². The maximum Gasteiger partial charge on any atom is 0.134 e. The molecule has 1 unspecified atom stereocenters. The maximum atomic E-state index is 5.94. The van der Waals surface area contributed by atoms with Crippen molar-refractivity contribution < 1.29 is 4.42 Å². The number of aryl methyl sites for hydroxylation is 1. The largest absolute Gasteiger partial charge is 0.461 e. The minimum atomic E-state index is 0.355. The van der Waals surface area contributed by atoms with Crippen LogP contribution in [0.4, 0.5) is 0 Å². The van der Waals surface area contributed by atoms with Gasteiger partial charge in [0.2, 0.25) is 0 Å². The summed E-state index contributed by atoms with van der Waals surface area (Å²) in [5, 5.41) is 4.66. The standard InChI is InChI=1S/C15H21NO/c1-5-12-14(15(16-4)10(2)3)11-8-6-7-9-13(11)17-12/h6-10,15-16H,5H2,1-4H3. The van der Waals surface area contributed by atoms with Crippen molar-refractivity contribution in [3.63, 3.8) is 0 Å². The number of benzene rings is 1. The van der Waals surface area contributed by atoms with Crippen LogP contribution in [0.2, 0.25) is 0 Å². The summed E-state index contributed by atoms with van der Waals surface area (Å²) in [6.07, 6.45) is 0.939. The first-order chi connectivity index (χ1) is 8.19. The van der Waals surface area contributed by atoms with Crippen LogP contribution in [-0.4, -0.2) is 7.05 Å². The Hall–Kier alpha value is -1.28.